The van der Waals surface area contributed by atoms with Crippen LogP contribution in [0.25, 0.3) is 0 Å². The molecule has 0 unspecified atom stereocenters. The number of rotatable bonds is 4. The summed E-state index contributed by atoms with van der Waals surface area (Å²) < 4.78 is 4.84. The van der Waals surface area contributed by atoms with E-state index in [1.165, 1.54) is 7.11 Å². The molecule has 1 saturated carbocycles. The number of hydrogen-bond acceptors (Lipinski definition) is 4. The topological polar surface area (TPSA) is 58.6 Å². The van der Waals surface area contributed by atoms with Gasteiger partial charge in [-0.05, 0) is 37.5 Å². The summed E-state index contributed by atoms with van der Waals surface area (Å²) in [6, 6.07) is 0.119. The third-order valence-corrected chi connectivity index (χ3v) is 5.44. The van der Waals surface area contributed by atoms with Crippen molar-refractivity contribution in [2.45, 2.75) is 77.9 Å². The number of methoxy groups -OCH3 is 1. The van der Waals surface area contributed by atoms with Crippen LogP contribution >= 0.6 is 0 Å². The van der Waals surface area contributed by atoms with E-state index in [0.717, 1.165) is 25.7 Å². The molecule has 132 valence electrons. The summed E-state index contributed by atoms with van der Waals surface area (Å²) in [6.07, 6.45) is 5.08. The number of amides is 1. The molecule has 0 bridgehead atoms. The van der Waals surface area contributed by atoms with Crippen LogP contribution in [0.3, 0.4) is 0 Å². The molecule has 1 aliphatic heterocycles. The Morgan fingerprint density at radius 2 is 1.78 bits per heavy atom. The number of ether oxygens (including phenoxy) is 1. The molecular formula is C18H32N2O3. The highest BCUT2D eigenvalue weighted by molar-refractivity contribution is 5.80. The molecule has 0 aromatic rings. The molecule has 1 aliphatic carbocycles. The van der Waals surface area contributed by atoms with Crippen molar-refractivity contribution in [3.63, 3.8) is 0 Å². The predicted octanol–water partition coefficient (Wildman–Crippen LogP) is 2.34. The van der Waals surface area contributed by atoms with E-state index in [4.69, 9.17) is 4.74 Å². The highest BCUT2D eigenvalue weighted by Gasteiger charge is 2.41. The standard InChI is InChI=1S/C18H32N2O3/c1-12(2)16(21)20(13-6-8-18(3,4)9-7-13)14-10-15(19-11-14)17(22)23-5/h12-15,19H,6-11H2,1-5H3/t14-,15-/m0/s1. The molecule has 5 heteroatoms. The molecule has 1 amide bonds. The predicted molar refractivity (Wildman–Crippen MR) is 89.9 cm³/mol. The Balaban J connectivity index is 2.10. The largest absolute Gasteiger partial charge is 0.468 e. The Labute approximate surface area is 140 Å². The summed E-state index contributed by atoms with van der Waals surface area (Å²) >= 11 is 0. The van der Waals surface area contributed by atoms with Crippen LogP contribution in [-0.2, 0) is 14.3 Å². The van der Waals surface area contributed by atoms with Gasteiger partial charge in [0, 0.05) is 24.5 Å². The van der Waals surface area contributed by atoms with E-state index in [0.29, 0.717) is 24.4 Å². The van der Waals surface area contributed by atoms with Gasteiger partial charge >= 0.3 is 5.97 Å². The molecule has 2 fully saturated rings. The quantitative estimate of drug-likeness (QED) is 0.807. The van der Waals surface area contributed by atoms with Gasteiger partial charge in [0.05, 0.1) is 7.11 Å². The Hall–Kier alpha value is -1.10. The zero-order valence-corrected chi connectivity index (χ0v) is 15.2. The van der Waals surface area contributed by atoms with Crippen molar-refractivity contribution < 1.29 is 14.3 Å². The van der Waals surface area contributed by atoms with Crippen molar-refractivity contribution in [2.75, 3.05) is 13.7 Å². The lowest BCUT2D eigenvalue weighted by Crippen LogP contribution is -2.51. The molecule has 1 N–H and O–H groups in total. The fourth-order valence-corrected chi connectivity index (χ4v) is 3.87. The summed E-state index contributed by atoms with van der Waals surface area (Å²) in [5.74, 6) is -0.0247. The van der Waals surface area contributed by atoms with Gasteiger partial charge in [-0.15, -0.1) is 0 Å². The molecule has 1 heterocycles. The second-order valence-electron chi connectivity index (χ2n) is 8.17. The average Bonchev–Trinajstić information content (AvgIpc) is 2.97. The van der Waals surface area contributed by atoms with Gasteiger partial charge in [-0.2, -0.15) is 0 Å². The first-order chi connectivity index (χ1) is 10.7. The van der Waals surface area contributed by atoms with Gasteiger partial charge in [-0.1, -0.05) is 27.7 Å². The van der Waals surface area contributed by atoms with E-state index in [2.05, 4.69) is 24.1 Å². The highest BCUT2D eigenvalue weighted by Crippen LogP contribution is 2.38. The van der Waals surface area contributed by atoms with Crippen molar-refractivity contribution in [3.05, 3.63) is 0 Å². The number of esters is 1. The van der Waals surface area contributed by atoms with Crippen molar-refractivity contribution in [2.24, 2.45) is 11.3 Å². The summed E-state index contributed by atoms with van der Waals surface area (Å²) in [5, 5.41) is 3.22. The van der Waals surface area contributed by atoms with Crippen LogP contribution in [0, 0.1) is 11.3 Å². The Morgan fingerprint density at radius 3 is 2.30 bits per heavy atom. The lowest BCUT2D eigenvalue weighted by atomic mass is 9.75. The lowest BCUT2D eigenvalue weighted by molar-refractivity contribution is -0.144. The van der Waals surface area contributed by atoms with Crippen LogP contribution in [-0.4, -0.2) is 48.6 Å². The van der Waals surface area contributed by atoms with Gasteiger partial charge in [-0.3, -0.25) is 9.59 Å². The molecular weight excluding hydrogens is 292 g/mol. The average molecular weight is 324 g/mol. The molecule has 0 radical (unpaired) electrons. The van der Waals surface area contributed by atoms with Gasteiger partial charge in [0.25, 0.3) is 0 Å². The van der Waals surface area contributed by atoms with Crippen LogP contribution < -0.4 is 5.32 Å². The molecule has 0 spiro atoms. The van der Waals surface area contributed by atoms with E-state index >= 15 is 0 Å². The van der Waals surface area contributed by atoms with E-state index in [1.807, 2.05) is 13.8 Å². The lowest BCUT2D eigenvalue weighted by Gasteiger charge is -2.43. The van der Waals surface area contributed by atoms with Crippen LogP contribution in [0.4, 0.5) is 0 Å². The van der Waals surface area contributed by atoms with Crippen molar-refractivity contribution in [1.29, 1.82) is 0 Å². The van der Waals surface area contributed by atoms with Gasteiger partial charge in [0.1, 0.15) is 6.04 Å². The van der Waals surface area contributed by atoms with Crippen molar-refractivity contribution >= 4 is 11.9 Å². The number of carbonyl (C=O) groups excluding carboxylic acids is 2. The second kappa shape index (κ2) is 7.20. The highest BCUT2D eigenvalue weighted by atomic mass is 16.5. The summed E-state index contributed by atoms with van der Waals surface area (Å²) in [4.78, 5) is 26.7. The smallest absolute Gasteiger partial charge is 0.322 e. The van der Waals surface area contributed by atoms with E-state index in [1.54, 1.807) is 0 Å². The van der Waals surface area contributed by atoms with Gasteiger partial charge in [0.15, 0.2) is 0 Å². The van der Waals surface area contributed by atoms with Crippen LogP contribution in [0.5, 0.6) is 0 Å². The summed E-state index contributed by atoms with van der Waals surface area (Å²) in [5.41, 5.74) is 0.380. The van der Waals surface area contributed by atoms with Crippen molar-refractivity contribution in [1.82, 2.24) is 10.2 Å². The zero-order chi connectivity index (χ0) is 17.2. The first-order valence-corrected chi connectivity index (χ1v) is 8.88. The monoisotopic (exact) mass is 324 g/mol. The van der Waals surface area contributed by atoms with Crippen molar-refractivity contribution in [3.8, 4) is 0 Å². The molecule has 2 rings (SSSR count). The molecule has 0 aromatic heterocycles. The van der Waals surface area contributed by atoms with E-state index in [-0.39, 0.29) is 29.9 Å². The minimum Gasteiger partial charge on any atom is -0.468 e. The third kappa shape index (κ3) is 4.25. The summed E-state index contributed by atoms with van der Waals surface area (Å²) in [6.45, 7) is 9.22. The van der Waals surface area contributed by atoms with E-state index < -0.39 is 0 Å². The third-order valence-electron chi connectivity index (χ3n) is 5.44. The molecule has 0 aromatic carbocycles. The van der Waals surface area contributed by atoms with Crippen LogP contribution in [0.2, 0.25) is 0 Å². The summed E-state index contributed by atoms with van der Waals surface area (Å²) in [7, 11) is 1.41. The maximum Gasteiger partial charge on any atom is 0.322 e. The number of nitrogens with zero attached hydrogens (tertiary/aromatic N) is 1. The molecule has 2 atom stereocenters. The number of hydrogen-bond donors (Lipinski definition) is 1. The van der Waals surface area contributed by atoms with Gasteiger partial charge in [0.2, 0.25) is 5.91 Å². The zero-order valence-electron chi connectivity index (χ0n) is 15.2. The van der Waals surface area contributed by atoms with Crippen LogP contribution in [0.1, 0.15) is 59.8 Å². The number of carbonyl (C=O) groups is 2. The Bertz CT molecular complexity index is 438. The molecule has 2 aliphatic rings. The first kappa shape index (κ1) is 18.2. The minimum atomic E-state index is -0.285. The van der Waals surface area contributed by atoms with Gasteiger partial charge in [-0.25, -0.2) is 0 Å². The second-order valence-corrected chi connectivity index (χ2v) is 8.17. The first-order valence-electron chi connectivity index (χ1n) is 8.88. The van der Waals surface area contributed by atoms with Crippen LogP contribution in [0.15, 0.2) is 0 Å². The minimum absolute atomic E-state index is 0.0119. The fourth-order valence-electron chi connectivity index (χ4n) is 3.87. The maximum absolute atomic E-state index is 12.8. The van der Waals surface area contributed by atoms with E-state index in [9.17, 15) is 9.59 Å². The molecule has 5 nitrogen and oxygen atoms in total. The molecule has 23 heavy (non-hydrogen) atoms. The Kier molecular flexibility index (Phi) is 5.71. The van der Waals surface area contributed by atoms with Gasteiger partial charge < -0.3 is 15.0 Å². The molecule has 1 saturated heterocycles. The fraction of sp³-hybridized carbons (Fsp3) is 0.889. The maximum atomic E-state index is 12.8. The number of nitrogens with one attached hydrogen (secondary N) is 1. The Morgan fingerprint density at radius 1 is 1.17 bits per heavy atom. The normalized spacial score (nSPS) is 27.9. The SMILES string of the molecule is COC(=O)[C@@H]1C[C@H](N(C(=O)C(C)C)C2CCC(C)(C)CC2)CN1.